The van der Waals surface area contributed by atoms with Crippen LogP contribution in [0.1, 0.15) is 33.1 Å². The first-order chi connectivity index (χ1) is 13.5. The van der Waals surface area contributed by atoms with E-state index in [9.17, 15) is 9.59 Å². The number of hydrogen-bond donors (Lipinski definition) is 2. The second-order valence-electron chi connectivity index (χ2n) is 7.93. The summed E-state index contributed by atoms with van der Waals surface area (Å²) < 4.78 is 5.46. The minimum absolute atomic E-state index is 0.110. The van der Waals surface area contributed by atoms with Gasteiger partial charge >= 0.3 is 6.03 Å². The summed E-state index contributed by atoms with van der Waals surface area (Å²) in [5, 5.41) is 5.96. The van der Waals surface area contributed by atoms with Crippen molar-refractivity contribution in [1.29, 1.82) is 0 Å². The molecule has 7 heteroatoms. The van der Waals surface area contributed by atoms with Crippen LogP contribution in [0.3, 0.4) is 0 Å². The van der Waals surface area contributed by atoms with E-state index in [0.29, 0.717) is 37.2 Å². The second-order valence-corrected chi connectivity index (χ2v) is 7.93. The van der Waals surface area contributed by atoms with Crippen molar-refractivity contribution in [2.75, 3.05) is 49.6 Å². The Morgan fingerprint density at radius 1 is 1.18 bits per heavy atom. The molecule has 2 fully saturated rings. The minimum atomic E-state index is -0.235. The molecule has 2 N–H and O–H groups in total. The van der Waals surface area contributed by atoms with Crippen LogP contribution in [0.5, 0.6) is 0 Å². The quantitative estimate of drug-likeness (QED) is 0.753. The Hall–Kier alpha value is -2.12. The number of nitrogens with zero attached hydrogens (tertiary/aromatic N) is 2. The number of benzene rings is 1. The second kappa shape index (κ2) is 9.89. The van der Waals surface area contributed by atoms with Crippen molar-refractivity contribution < 1.29 is 14.3 Å². The number of para-hydroxylation sites is 2. The molecule has 1 aromatic rings. The molecule has 1 aromatic carbocycles. The van der Waals surface area contributed by atoms with Crippen molar-refractivity contribution in [3.05, 3.63) is 24.3 Å². The maximum atomic E-state index is 12.6. The van der Waals surface area contributed by atoms with E-state index in [1.54, 1.807) is 4.90 Å². The summed E-state index contributed by atoms with van der Waals surface area (Å²) in [6, 6.07) is 7.55. The number of urea groups is 1. The molecule has 2 aliphatic rings. The van der Waals surface area contributed by atoms with Gasteiger partial charge in [0.15, 0.2) is 0 Å². The van der Waals surface area contributed by atoms with E-state index in [1.165, 1.54) is 0 Å². The van der Waals surface area contributed by atoms with Gasteiger partial charge in [0.1, 0.15) is 0 Å². The average Bonchev–Trinajstić information content (AvgIpc) is 3.12. The largest absolute Gasteiger partial charge is 0.379 e. The molecule has 0 saturated carbocycles. The normalized spacial score (nSPS) is 19.1. The number of carbonyl (C=O) groups excluding carboxylic acids is 2. The zero-order valence-corrected chi connectivity index (χ0v) is 16.9. The first-order valence-corrected chi connectivity index (χ1v) is 10.3. The van der Waals surface area contributed by atoms with E-state index in [2.05, 4.69) is 29.4 Å². The van der Waals surface area contributed by atoms with Crippen LogP contribution in [-0.2, 0) is 9.53 Å². The first-order valence-electron chi connectivity index (χ1n) is 10.3. The standard InChI is InChI=1S/C21H32N4O3/c1-16(2)14-17(24-10-12-28-13-11-24)15-22-21(27)23-18-6-3-4-7-19(18)25-9-5-8-20(25)26/h3-4,6-7,16-17H,5,8-15H2,1-2H3,(H2,22,23,27). The van der Waals surface area contributed by atoms with Crippen LogP contribution in [0.25, 0.3) is 0 Å². The zero-order chi connectivity index (χ0) is 19.9. The summed E-state index contributed by atoms with van der Waals surface area (Å²) in [5.74, 6) is 0.665. The Bertz CT molecular complexity index is 673. The lowest BCUT2D eigenvalue weighted by atomic mass is 10.0. The SMILES string of the molecule is CC(C)CC(CNC(=O)Nc1ccccc1N1CCCC1=O)N1CCOCC1. The molecule has 2 heterocycles. The highest BCUT2D eigenvalue weighted by molar-refractivity contribution is 6.01. The molecule has 1 atom stereocenters. The van der Waals surface area contributed by atoms with Gasteiger partial charge in [-0.15, -0.1) is 0 Å². The van der Waals surface area contributed by atoms with Crippen molar-refractivity contribution in [2.24, 2.45) is 5.92 Å². The van der Waals surface area contributed by atoms with Gasteiger partial charge in [-0.25, -0.2) is 4.79 Å². The smallest absolute Gasteiger partial charge is 0.319 e. The van der Waals surface area contributed by atoms with Gasteiger partial charge in [-0.1, -0.05) is 26.0 Å². The van der Waals surface area contributed by atoms with E-state index in [1.807, 2.05) is 24.3 Å². The summed E-state index contributed by atoms with van der Waals surface area (Å²) in [7, 11) is 0. The van der Waals surface area contributed by atoms with Crippen LogP contribution in [0.2, 0.25) is 0 Å². The monoisotopic (exact) mass is 388 g/mol. The summed E-state index contributed by atoms with van der Waals surface area (Å²) in [4.78, 5) is 28.8. The summed E-state index contributed by atoms with van der Waals surface area (Å²) in [5.41, 5.74) is 1.44. The van der Waals surface area contributed by atoms with Crippen molar-refractivity contribution in [3.8, 4) is 0 Å². The van der Waals surface area contributed by atoms with E-state index < -0.39 is 0 Å². The van der Waals surface area contributed by atoms with E-state index in [4.69, 9.17) is 4.74 Å². The highest BCUT2D eigenvalue weighted by Gasteiger charge is 2.25. The fraction of sp³-hybridized carbons (Fsp3) is 0.619. The molecular weight excluding hydrogens is 356 g/mol. The maximum Gasteiger partial charge on any atom is 0.319 e. The molecule has 2 aliphatic heterocycles. The third-order valence-electron chi connectivity index (χ3n) is 5.32. The summed E-state index contributed by atoms with van der Waals surface area (Å²) in [6.07, 6.45) is 2.45. The van der Waals surface area contributed by atoms with Gasteiger partial charge in [-0.3, -0.25) is 9.69 Å². The molecule has 0 aliphatic carbocycles. The average molecular weight is 389 g/mol. The molecule has 154 valence electrons. The molecule has 0 aromatic heterocycles. The predicted molar refractivity (Wildman–Crippen MR) is 111 cm³/mol. The lowest BCUT2D eigenvalue weighted by Crippen LogP contribution is -2.49. The Morgan fingerprint density at radius 3 is 2.61 bits per heavy atom. The molecule has 1 unspecified atom stereocenters. The third-order valence-corrected chi connectivity index (χ3v) is 5.32. The van der Waals surface area contributed by atoms with Crippen LogP contribution in [0.15, 0.2) is 24.3 Å². The first kappa shape index (κ1) is 20.6. The number of rotatable bonds is 7. The highest BCUT2D eigenvalue weighted by Crippen LogP contribution is 2.29. The van der Waals surface area contributed by atoms with E-state index >= 15 is 0 Å². The van der Waals surface area contributed by atoms with Crippen molar-refractivity contribution >= 4 is 23.3 Å². The fourth-order valence-corrected chi connectivity index (χ4v) is 3.94. The molecule has 28 heavy (non-hydrogen) atoms. The van der Waals surface area contributed by atoms with Crippen LogP contribution >= 0.6 is 0 Å². The van der Waals surface area contributed by atoms with Crippen LogP contribution in [-0.4, -0.2) is 62.3 Å². The van der Waals surface area contributed by atoms with E-state index in [0.717, 1.165) is 44.8 Å². The van der Waals surface area contributed by atoms with Gasteiger partial charge in [0.25, 0.3) is 0 Å². The van der Waals surface area contributed by atoms with E-state index in [-0.39, 0.29) is 11.9 Å². The molecular formula is C21H32N4O3. The maximum absolute atomic E-state index is 12.6. The Kier molecular flexibility index (Phi) is 7.28. The summed E-state index contributed by atoms with van der Waals surface area (Å²) >= 11 is 0. The topological polar surface area (TPSA) is 73.9 Å². The number of morpholine rings is 1. The highest BCUT2D eigenvalue weighted by atomic mass is 16.5. The lowest BCUT2D eigenvalue weighted by Gasteiger charge is -2.35. The van der Waals surface area contributed by atoms with Gasteiger partial charge in [-0.05, 0) is 30.9 Å². The number of carbonyl (C=O) groups is 2. The third kappa shape index (κ3) is 5.45. The van der Waals surface area contributed by atoms with Crippen molar-refractivity contribution in [1.82, 2.24) is 10.2 Å². The molecule has 0 spiro atoms. The molecule has 2 saturated heterocycles. The molecule has 3 rings (SSSR count). The zero-order valence-electron chi connectivity index (χ0n) is 16.9. The number of hydrogen-bond acceptors (Lipinski definition) is 4. The van der Waals surface area contributed by atoms with Crippen LogP contribution in [0, 0.1) is 5.92 Å². The van der Waals surface area contributed by atoms with Crippen LogP contribution in [0.4, 0.5) is 16.2 Å². The number of ether oxygens (including phenoxy) is 1. The number of anilines is 2. The summed E-state index contributed by atoms with van der Waals surface area (Å²) in [6.45, 7) is 9.01. The van der Waals surface area contributed by atoms with Gasteiger partial charge in [0.05, 0.1) is 24.6 Å². The van der Waals surface area contributed by atoms with Crippen molar-refractivity contribution in [3.63, 3.8) is 0 Å². The Morgan fingerprint density at radius 2 is 1.93 bits per heavy atom. The van der Waals surface area contributed by atoms with Crippen LogP contribution < -0.4 is 15.5 Å². The minimum Gasteiger partial charge on any atom is -0.379 e. The van der Waals surface area contributed by atoms with Gasteiger partial charge in [0, 0.05) is 38.6 Å². The Balaban J connectivity index is 1.59. The molecule has 7 nitrogen and oxygen atoms in total. The Labute approximate surface area is 167 Å². The van der Waals surface area contributed by atoms with Gasteiger partial charge in [-0.2, -0.15) is 0 Å². The number of nitrogens with one attached hydrogen (secondary N) is 2. The molecule has 0 bridgehead atoms. The van der Waals surface area contributed by atoms with Crippen molar-refractivity contribution in [2.45, 2.75) is 39.2 Å². The predicted octanol–water partition coefficient (Wildman–Crippen LogP) is 2.68. The lowest BCUT2D eigenvalue weighted by molar-refractivity contribution is -0.117. The van der Waals surface area contributed by atoms with Gasteiger partial charge in [0.2, 0.25) is 5.91 Å². The fourth-order valence-electron chi connectivity index (χ4n) is 3.94. The number of amides is 3. The van der Waals surface area contributed by atoms with Gasteiger partial charge < -0.3 is 20.3 Å². The molecule has 3 amide bonds. The molecule has 0 radical (unpaired) electrons.